The van der Waals surface area contributed by atoms with Gasteiger partial charge in [-0.25, -0.2) is 4.98 Å². The van der Waals surface area contributed by atoms with Gasteiger partial charge in [0.25, 0.3) is 5.56 Å². The Labute approximate surface area is 137 Å². The summed E-state index contributed by atoms with van der Waals surface area (Å²) in [6.07, 6.45) is 1.48. The van der Waals surface area contributed by atoms with Gasteiger partial charge in [-0.3, -0.25) is 9.36 Å². The van der Waals surface area contributed by atoms with Crippen LogP contribution in [0.2, 0.25) is 0 Å². The minimum Gasteiger partial charge on any atom is -0.493 e. The molecule has 1 aliphatic rings. The van der Waals surface area contributed by atoms with E-state index < -0.39 is 0 Å². The topological polar surface area (TPSA) is 71.8 Å². The molecule has 4 rings (SSSR count). The van der Waals surface area contributed by atoms with E-state index in [0.717, 1.165) is 0 Å². The Bertz CT molecular complexity index is 996. The fraction of sp³-hybridized carbons (Fsp3) is 0.176. The minimum atomic E-state index is -0.209. The Balaban J connectivity index is 1.91. The molecule has 1 aliphatic heterocycles. The van der Waals surface area contributed by atoms with Gasteiger partial charge in [0.15, 0.2) is 23.0 Å². The van der Waals surface area contributed by atoms with E-state index in [-0.39, 0.29) is 12.4 Å². The third-order valence-electron chi connectivity index (χ3n) is 3.90. The highest BCUT2D eigenvalue weighted by Gasteiger charge is 2.16. The molecule has 3 aromatic rings. The van der Waals surface area contributed by atoms with Crippen molar-refractivity contribution in [2.45, 2.75) is 0 Å². The number of ether oxygens (including phenoxy) is 4. The zero-order chi connectivity index (χ0) is 16.7. The molecule has 0 fully saturated rings. The van der Waals surface area contributed by atoms with Gasteiger partial charge in [-0.05, 0) is 18.2 Å². The van der Waals surface area contributed by atoms with Crippen LogP contribution in [0.1, 0.15) is 0 Å². The molecule has 2 heterocycles. The van der Waals surface area contributed by atoms with Gasteiger partial charge in [0.1, 0.15) is 6.33 Å². The summed E-state index contributed by atoms with van der Waals surface area (Å²) in [6, 6.07) is 8.61. The highest BCUT2D eigenvalue weighted by molar-refractivity contribution is 5.82. The number of methoxy groups -OCH3 is 2. The first-order valence-electron chi connectivity index (χ1n) is 7.24. The van der Waals surface area contributed by atoms with Crippen LogP contribution in [0.25, 0.3) is 16.6 Å². The summed E-state index contributed by atoms with van der Waals surface area (Å²) in [5.74, 6) is 2.27. The first-order valence-corrected chi connectivity index (χ1v) is 7.24. The lowest BCUT2D eigenvalue weighted by molar-refractivity contribution is 0.174. The SMILES string of the molecule is COc1cc2ncn(-c3ccc4c(c3)OCO4)c(=O)c2cc1OC. The molecule has 7 nitrogen and oxygen atoms in total. The van der Waals surface area contributed by atoms with Crippen molar-refractivity contribution in [1.29, 1.82) is 0 Å². The number of aromatic nitrogens is 2. The van der Waals surface area contributed by atoms with Gasteiger partial charge in [-0.1, -0.05) is 0 Å². The predicted octanol–water partition coefficient (Wildman–Crippen LogP) is 2.13. The molecule has 122 valence electrons. The van der Waals surface area contributed by atoms with Gasteiger partial charge in [0.2, 0.25) is 6.79 Å². The summed E-state index contributed by atoms with van der Waals surface area (Å²) >= 11 is 0. The van der Waals surface area contributed by atoms with Gasteiger partial charge in [-0.15, -0.1) is 0 Å². The van der Waals surface area contributed by atoms with Crippen LogP contribution in [-0.4, -0.2) is 30.6 Å². The Morgan fingerprint density at radius 2 is 1.79 bits per heavy atom. The zero-order valence-corrected chi connectivity index (χ0v) is 13.1. The van der Waals surface area contributed by atoms with Crippen molar-refractivity contribution in [2.75, 3.05) is 21.0 Å². The summed E-state index contributed by atoms with van der Waals surface area (Å²) in [6.45, 7) is 0.181. The van der Waals surface area contributed by atoms with Crippen LogP contribution in [0.15, 0.2) is 41.5 Å². The lowest BCUT2D eigenvalue weighted by Gasteiger charge is -2.11. The van der Waals surface area contributed by atoms with Gasteiger partial charge < -0.3 is 18.9 Å². The molecule has 0 N–H and O–H groups in total. The third-order valence-corrected chi connectivity index (χ3v) is 3.90. The first-order chi connectivity index (χ1) is 11.7. The average Bonchev–Trinajstić information content (AvgIpc) is 3.08. The van der Waals surface area contributed by atoms with E-state index in [0.29, 0.717) is 39.6 Å². The molecular weight excluding hydrogens is 312 g/mol. The van der Waals surface area contributed by atoms with Crippen molar-refractivity contribution in [3.8, 4) is 28.7 Å². The van der Waals surface area contributed by atoms with Crippen LogP contribution in [0, 0.1) is 0 Å². The molecular formula is C17H14N2O5. The lowest BCUT2D eigenvalue weighted by Crippen LogP contribution is -2.18. The predicted molar refractivity (Wildman–Crippen MR) is 86.6 cm³/mol. The summed E-state index contributed by atoms with van der Waals surface area (Å²) in [5.41, 5.74) is 0.975. The fourth-order valence-corrected chi connectivity index (χ4v) is 2.67. The van der Waals surface area contributed by atoms with E-state index in [1.807, 2.05) is 0 Å². The molecule has 1 aromatic heterocycles. The molecule has 0 amide bonds. The van der Waals surface area contributed by atoms with Crippen LogP contribution in [0.5, 0.6) is 23.0 Å². The van der Waals surface area contributed by atoms with Crippen molar-refractivity contribution in [2.24, 2.45) is 0 Å². The number of rotatable bonds is 3. The number of hydrogen-bond acceptors (Lipinski definition) is 6. The van der Waals surface area contributed by atoms with Gasteiger partial charge in [0.05, 0.1) is 30.8 Å². The van der Waals surface area contributed by atoms with Crippen molar-refractivity contribution in [3.63, 3.8) is 0 Å². The van der Waals surface area contributed by atoms with Crippen molar-refractivity contribution in [1.82, 2.24) is 9.55 Å². The van der Waals surface area contributed by atoms with Crippen molar-refractivity contribution < 1.29 is 18.9 Å². The summed E-state index contributed by atoms with van der Waals surface area (Å²) in [5, 5.41) is 0.438. The van der Waals surface area contributed by atoms with Gasteiger partial charge in [-0.2, -0.15) is 0 Å². The van der Waals surface area contributed by atoms with Crippen LogP contribution < -0.4 is 24.5 Å². The molecule has 0 aliphatic carbocycles. The van der Waals surface area contributed by atoms with Gasteiger partial charge >= 0.3 is 0 Å². The quantitative estimate of drug-likeness (QED) is 0.734. The highest BCUT2D eigenvalue weighted by Crippen LogP contribution is 2.34. The smallest absolute Gasteiger partial charge is 0.265 e. The fourth-order valence-electron chi connectivity index (χ4n) is 2.67. The van der Waals surface area contributed by atoms with E-state index in [1.165, 1.54) is 25.1 Å². The Kier molecular flexibility index (Phi) is 3.26. The van der Waals surface area contributed by atoms with E-state index in [2.05, 4.69) is 4.98 Å². The third kappa shape index (κ3) is 2.13. The van der Waals surface area contributed by atoms with Crippen LogP contribution in [-0.2, 0) is 0 Å². The summed E-state index contributed by atoms with van der Waals surface area (Å²) < 4.78 is 22.6. The molecule has 0 saturated carbocycles. The molecule has 24 heavy (non-hydrogen) atoms. The molecule has 0 radical (unpaired) electrons. The van der Waals surface area contributed by atoms with Crippen LogP contribution >= 0.6 is 0 Å². The number of hydrogen-bond donors (Lipinski definition) is 0. The molecule has 2 aromatic carbocycles. The second-order valence-electron chi connectivity index (χ2n) is 5.18. The van der Waals surface area contributed by atoms with Crippen LogP contribution in [0.4, 0.5) is 0 Å². The maximum atomic E-state index is 12.9. The molecule has 0 bridgehead atoms. The maximum Gasteiger partial charge on any atom is 0.265 e. The molecule has 0 saturated heterocycles. The number of nitrogens with zero attached hydrogens (tertiary/aromatic N) is 2. The second kappa shape index (κ2) is 5.45. The van der Waals surface area contributed by atoms with E-state index >= 15 is 0 Å². The molecule has 7 heteroatoms. The van der Waals surface area contributed by atoms with Crippen molar-refractivity contribution in [3.05, 3.63) is 47.0 Å². The molecule has 0 spiro atoms. The van der Waals surface area contributed by atoms with E-state index in [9.17, 15) is 4.79 Å². The number of fused-ring (bicyclic) bond motifs is 2. The Morgan fingerprint density at radius 3 is 2.58 bits per heavy atom. The van der Waals surface area contributed by atoms with Crippen molar-refractivity contribution >= 4 is 10.9 Å². The normalized spacial score (nSPS) is 12.4. The second-order valence-corrected chi connectivity index (χ2v) is 5.18. The Hall–Kier alpha value is -3.22. The zero-order valence-electron chi connectivity index (χ0n) is 13.1. The average molecular weight is 326 g/mol. The van der Waals surface area contributed by atoms with Crippen LogP contribution in [0.3, 0.4) is 0 Å². The molecule has 0 atom stereocenters. The van der Waals surface area contributed by atoms with Gasteiger partial charge in [0, 0.05) is 12.1 Å². The maximum absolute atomic E-state index is 12.9. The standard InChI is InChI=1S/C17H14N2O5/c1-21-14-6-11-12(7-15(14)22-2)18-8-19(17(11)20)10-3-4-13-16(5-10)24-9-23-13/h3-8H,9H2,1-2H3. The van der Waals surface area contributed by atoms with E-state index in [4.69, 9.17) is 18.9 Å². The summed E-state index contributed by atoms with van der Waals surface area (Å²) in [7, 11) is 3.06. The summed E-state index contributed by atoms with van der Waals surface area (Å²) in [4.78, 5) is 17.2. The monoisotopic (exact) mass is 326 g/mol. The first kappa shape index (κ1) is 14.4. The minimum absolute atomic E-state index is 0.181. The largest absolute Gasteiger partial charge is 0.493 e. The number of benzene rings is 2. The lowest BCUT2D eigenvalue weighted by atomic mass is 10.2. The Morgan fingerprint density at radius 1 is 1.04 bits per heavy atom. The highest BCUT2D eigenvalue weighted by atomic mass is 16.7. The van der Waals surface area contributed by atoms with E-state index in [1.54, 1.807) is 30.3 Å². The molecule has 0 unspecified atom stereocenters.